The first kappa shape index (κ1) is 19.9. The molecule has 2 aromatic rings. The zero-order chi connectivity index (χ0) is 20.2. The second-order valence-electron chi connectivity index (χ2n) is 8.21. The van der Waals surface area contributed by atoms with Gasteiger partial charge in [-0.2, -0.15) is 0 Å². The van der Waals surface area contributed by atoms with Crippen molar-refractivity contribution in [3.05, 3.63) is 58.4 Å². The van der Waals surface area contributed by atoms with Gasteiger partial charge in [0.05, 0.1) is 19.1 Å². The number of fused-ring (bicyclic) bond motifs is 1. The molecule has 1 fully saturated rings. The molecular formula is C24H30N2O3. The number of benzene rings is 1. The third-order valence-corrected chi connectivity index (χ3v) is 6.18. The molecule has 5 heteroatoms. The van der Waals surface area contributed by atoms with E-state index < -0.39 is 0 Å². The molecule has 2 heterocycles. The molecule has 1 atom stereocenters. The number of ketones is 1. The van der Waals surface area contributed by atoms with Crippen molar-refractivity contribution in [2.24, 2.45) is 0 Å². The number of hydrogen-bond acceptors (Lipinski definition) is 3. The molecule has 0 unspecified atom stereocenters. The number of carbonyl (C=O) groups is 2. The molecule has 0 saturated carbocycles. The Hall–Kier alpha value is -2.40. The Morgan fingerprint density at radius 1 is 1.24 bits per heavy atom. The Kier molecular flexibility index (Phi) is 6.14. The molecule has 1 amide bonds. The Balaban J connectivity index is 1.51. The van der Waals surface area contributed by atoms with Crippen LogP contribution in [0.5, 0.6) is 0 Å². The van der Waals surface area contributed by atoms with Crippen LogP contribution in [0.15, 0.2) is 30.3 Å². The van der Waals surface area contributed by atoms with E-state index in [1.807, 2.05) is 6.07 Å². The van der Waals surface area contributed by atoms with Gasteiger partial charge in [0.1, 0.15) is 0 Å². The molecule has 154 valence electrons. The molecule has 1 aliphatic carbocycles. The number of ether oxygens (including phenoxy) is 1. The molecule has 5 nitrogen and oxygen atoms in total. The average molecular weight is 395 g/mol. The molecule has 4 rings (SSSR count). The molecule has 1 aromatic carbocycles. The van der Waals surface area contributed by atoms with Gasteiger partial charge in [-0.25, -0.2) is 0 Å². The number of rotatable bonds is 7. The van der Waals surface area contributed by atoms with E-state index in [1.165, 1.54) is 5.56 Å². The number of amides is 1. The van der Waals surface area contributed by atoms with Crippen LogP contribution in [0.1, 0.15) is 58.6 Å². The summed E-state index contributed by atoms with van der Waals surface area (Å²) in [7, 11) is 0. The smallest absolute Gasteiger partial charge is 0.224 e. The molecule has 1 aliphatic heterocycles. The lowest BCUT2D eigenvalue weighted by molar-refractivity contribution is -0.121. The van der Waals surface area contributed by atoms with E-state index in [1.54, 1.807) is 0 Å². The number of hydrogen-bond donors (Lipinski definition) is 1. The highest BCUT2D eigenvalue weighted by Crippen LogP contribution is 2.31. The highest BCUT2D eigenvalue weighted by atomic mass is 16.5. The highest BCUT2D eigenvalue weighted by Gasteiger charge is 2.29. The van der Waals surface area contributed by atoms with Crippen molar-refractivity contribution in [1.82, 2.24) is 9.88 Å². The third kappa shape index (κ3) is 4.45. The number of aryl methyl sites for hydroxylation is 1. The lowest BCUT2D eigenvalue weighted by Crippen LogP contribution is -2.36. The highest BCUT2D eigenvalue weighted by molar-refractivity contribution is 6.01. The van der Waals surface area contributed by atoms with E-state index in [0.717, 1.165) is 61.2 Å². The van der Waals surface area contributed by atoms with Gasteiger partial charge in [-0.3, -0.25) is 9.59 Å². The lowest BCUT2D eigenvalue weighted by atomic mass is 9.92. The van der Waals surface area contributed by atoms with Crippen molar-refractivity contribution in [3.8, 4) is 0 Å². The predicted octanol–water partition coefficient (Wildman–Crippen LogP) is 3.40. The summed E-state index contributed by atoms with van der Waals surface area (Å²) in [6.45, 7) is 4.24. The van der Waals surface area contributed by atoms with Gasteiger partial charge in [0.25, 0.3) is 0 Å². The number of Topliss-reactive ketones (excluding diaryl/α,β-unsaturated/α-hetero) is 1. The molecule has 2 aliphatic rings. The van der Waals surface area contributed by atoms with E-state index >= 15 is 0 Å². The first-order valence-corrected chi connectivity index (χ1v) is 10.8. The maximum Gasteiger partial charge on any atom is 0.224 e. The SMILES string of the molecule is Cc1c(CC(=O)N[C@@H]2CCOC2)c2c(n1CCCc1ccccc1)CCCC2=O. The molecule has 29 heavy (non-hydrogen) atoms. The number of aromatic nitrogens is 1. The van der Waals surface area contributed by atoms with E-state index in [4.69, 9.17) is 4.74 Å². The fraction of sp³-hybridized carbons (Fsp3) is 0.500. The van der Waals surface area contributed by atoms with Gasteiger partial charge in [0.15, 0.2) is 5.78 Å². The predicted molar refractivity (Wildman–Crippen MR) is 112 cm³/mol. The van der Waals surface area contributed by atoms with Crippen LogP contribution in [-0.4, -0.2) is 35.5 Å². The zero-order valence-corrected chi connectivity index (χ0v) is 17.2. The van der Waals surface area contributed by atoms with Crippen molar-refractivity contribution in [2.45, 2.75) is 64.5 Å². The minimum atomic E-state index is -0.00814. The molecule has 1 saturated heterocycles. The summed E-state index contributed by atoms with van der Waals surface area (Å²) >= 11 is 0. The fourth-order valence-electron chi connectivity index (χ4n) is 4.68. The first-order chi connectivity index (χ1) is 14.1. The van der Waals surface area contributed by atoms with Crippen LogP contribution in [-0.2, 0) is 35.3 Å². The Bertz CT molecular complexity index is 879. The summed E-state index contributed by atoms with van der Waals surface area (Å²) in [6.07, 6.45) is 5.59. The first-order valence-electron chi connectivity index (χ1n) is 10.8. The van der Waals surface area contributed by atoms with E-state index in [9.17, 15) is 9.59 Å². The third-order valence-electron chi connectivity index (χ3n) is 6.18. The monoisotopic (exact) mass is 394 g/mol. The fourth-order valence-corrected chi connectivity index (χ4v) is 4.68. The summed E-state index contributed by atoms with van der Waals surface area (Å²) in [6, 6.07) is 10.6. The van der Waals surface area contributed by atoms with Gasteiger partial charge in [-0.05, 0) is 50.2 Å². The van der Waals surface area contributed by atoms with Crippen molar-refractivity contribution in [2.75, 3.05) is 13.2 Å². The summed E-state index contributed by atoms with van der Waals surface area (Å²) in [5.74, 6) is 0.189. The summed E-state index contributed by atoms with van der Waals surface area (Å²) in [5, 5.41) is 3.07. The van der Waals surface area contributed by atoms with Crippen molar-refractivity contribution in [1.29, 1.82) is 0 Å². The number of nitrogens with one attached hydrogen (secondary N) is 1. The number of nitrogens with zero attached hydrogens (tertiary/aromatic N) is 1. The van der Waals surface area contributed by atoms with E-state index in [0.29, 0.717) is 19.6 Å². The minimum Gasteiger partial charge on any atom is -0.379 e. The van der Waals surface area contributed by atoms with Gasteiger partial charge in [-0.1, -0.05) is 30.3 Å². The summed E-state index contributed by atoms with van der Waals surface area (Å²) < 4.78 is 7.65. The van der Waals surface area contributed by atoms with Crippen molar-refractivity contribution >= 4 is 11.7 Å². The lowest BCUT2D eigenvalue weighted by Gasteiger charge is -2.16. The Morgan fingerprint density at radius 3 is 2.83 bits per heavy atom. The standard InChI is InChI=1S/C24H30N2O3/c1-17-20(15-23(28)25-19-12-14-29-16-19)24-21(10-5-11-22(24)27)26(17)13-6-9-18-7-3-2-4-8-18/h2-4,7-8,19H,5-6,9-16H2,1H3,(H,25,28)/t19-/m1/s1. The van der Waals surface area contributed by atoms with Crippen molar-refractivity contribution in [3.63, 3.8) is 0 Å². The maximum atomic E-state index is 12.7. The van der Waals surface area contributed by atoms with Gasteiger partial charge in [-0.15, -0.1) is 0 Å². The van der Waals surface area contributed by atoms with Crippen LogP contribution in [0.25, 0.3) is 0 Å². The van der Waals surface area contributed by atoms with Gasteiger partial charge >= 0.3 is 0 Å². The maximum absolute atomic E-state index is 12.7. The molecule has 1 N–H and O–H groups in total. The second-order valence-corrected chi connectivity index (χ2v) is 8.21. The molecule has 0 radical (unpaired) electrons. The Morgan fingerprint density at radius 2 is 2.07 bits per heavy atom. The average Bonchev–Trinajstić information content (AvgIpc) is 3.31. The summed E-state index contributed by atoms with van der Waals surface area (Å²) in [4.78, 5) is 25.4. The van der Waals surface area contributed by atoms with Crippen LogP contribution in [0.2, 0.25) is 0 Å². The van der Waals surface area contributed by atoms with E-state index in [2.05, 4.69) is 41.1 Å². The van der Waals surface area contributed by atoms with Crippen LogP contribution < -0.4 is 5.32 Å². The number of carbonyl (C=O) groups excluding carboxylic acids is 2. The van der Waals surface area contributed by atoms with Crippen LogP contribution in [0.4, 0.5) is 0 Å². The topological polar surface area (TPSA) is 60.3 Å². The molecule has 0 spiro atoms. The normalized spacial score (nSPS) is 18.7. The van der Waals surface area contributed by atoms with Crippen LogP contribution >= 0.6 is 0 Å². The second kappa shape index (κ2) is 8.95. The molecular weight excluding hydrogens is 364 g/mol. The van der Waals surface area contributed by atoms with Gasteiger partial charge in [0.2, 0.25) is 5.91 Å². The van der Waals surface area contributed by atoms with Crippen LogP contribution in [0, 0.1) is 6.92 Å². The molecule has 0 bridgehead atoms. The zero-order valence-electron chi connectivity index (χ0n) is 17.2. The quantitative estimate of drug-likeness (QED) is 0.783. The van der Waals surface area contributed by atoms with E-state index in [-0.39, 0.29) is 24.2 Å². The largest absolute Gasteiger partial charge is 0.379 e. The van der Waals surface area contributed by atoms with Crippen molar-refractivity contribution < 1.29 is 14.3 Å². The van der Waals surface area contributed by atoms with Gasteiger partial charge < -0.3 is 14.6 Å². The Labute approximate surface area is 172 Å². The van der Waals surface area contributed by atoms with Crippen LogP contribution in [0.3, 0.4) is 0 Å². The van der Waals surface area contributed by atoms with Gasteiger partial charge in [0, 0.05) is 36.5 Å². The molecule has 1 aromatic heterocycles. The summed E-state index contributed by atoms with van der Waals surface area (Å²) in [5.41, 5.74) is 5.31. The minimum absolute atomic E-state index is 0.00814.